The molecule has 64 heavy (non-hydrogen) atoms. The maximum absolute atomic E-state index is 13.4. The molecule has 12 nitrogen and oxygen atoms in total. The first-order valence-corrected chi connectivity index (χ1v) is 25.1. The molecule has 2 amide bonds. The second-order valence-corrected chi connectivity index (χ2v) is 23.4. The van der Waals surface area contributed by atoms with E-state index in [0.717, 1.165) is 22.7 Å². The molecule has 0 fully saturated rings. The van der Waals surface area contributed by atoms with Gasteiger partial charge in [0.15, 0.2) is 0 Å². The molecular formula is C51H60N2O10Si. The second kappa shape index (κ2) is 22.7. The molecule has 0 aliphatic heterocycles. The lowest BCUT2D eigenvalue weighted by Gasteiger charge is -2.29. The first-order chi connectivity index (χ1) is 30.5. The zero-order valence-electron chi connectivity index (χ0n) is 37.7. The maximum Gasteiger partial charge on any atom is 0.408 e. The summed E-state index contributed by atoms with van der Waals surface area (Å²) in [6, 6.07) is 37.9. The topological polar surface area (TPSA) is 159 Å². The largest absolute Gasteiger partial charge is 0.489 e. The number of carbonyl (C=O) groups is 4. The van der Waals surface area contributed by atoms with Gasteiger partial charge in [0, 0.05) is 26.0 Å². The van der Waals surface area contributed by atoms with Crippen LogP contribution >= 0.6 is 0 Å². The standard InChI is InChI=1S/C51H60N2O10Si/c1-51(2,3)63-50(58)52-43(48(56)59-4)31-40-29-38(23-25-44(40)60-32-35-17-11-8-12-18-35)39-24-26-45(61-33-36-19-13-9-14-20-36)42(30-39)41(27-28-64(5,6)7)46(47(54)55)53-49(57)62-34-37-21-15-10-16-22-37/h8-26,29-30,41,43,46H,27-28,31-34H2,1-7H3,(H,52,58)(H,53,57)(H,54,55)/t41?,43-,46-/m0/s1. The molecule has 3 atom stereocenters. The first-order valence-electron chi connectivity index (χ1n) is 21.4. The van der Waals surface area contributed by atoms with Gasteiger partial charge in [-0.2, -0.15) is 0 Å². The molecule has 0 radical (unpaired) electrons. The van der Waals surface area contributed by atoms with E-state index in [4.69, 9.17) is 23.7 Å². The van der Waals surface area contributed by atoms with Gasteiger partial charge in [0.2, 0.25) is 0 Å². The number of hydrogen-bond donors (Lipinski definition) is 3. The van der Waals surface area contributed by atoms with Crippen LogP contribution in [0.5, 0.6) is 11.5 Å². The van der Waals surface area contributed by atoms with Crippen molar-refractivity contribution in [2.24, 2.45) is 0 Å². The molecule has 0 aliphatic rings. The number of esters is 1. The van der Waals surface area contributed by atoms with E-state index in [9.17, 15) is 24.3 Å². The minimum absolute atomic E-state index is 0.00998. The number of aliphatic carboxylic acids is 1. The van der Waals surface area contributed by atoms with Crippen molar-refractivity contribution in [1.82, 2.24) is 10.6 Å². The third-order valence-electron chi connectivity index (χ3n) is 10.2. The number of alkyl carbamates (subject to hydrolysis) is 2. The molecule has 1 unspecified atom stereocenters. The van der Waals surface area contributed by atoms with Gasteiger partial charge in [0.25, 0.3) is 0 Å². The Bertz CT molecular complexity index is 2310. The highest BCUT2D eigenvalue weighted by atomic mass is 28.3. The van der Waals surface area contributed by atoms with Crippen LogP contribution in [0.1, 0.15) is 60.9 Å². The Morgan fingerprint density at radius 1 is 0.656 bits per heavy atom. The molecule has 0 saturated heterocycles. The van der Waals surface area contributed by atoms with Crippen LogP contribution in [0.3, 0.4) is 0 Å². The van der Waals surface area contributed by atoms with Crippen molar-refractivity contribution in [3.05, 3.63) is 155 Å². The molecule has 5 aromatic rings. The van der Waals surface area contributed by atoms with E-state index >= 15 is 0 Å². The summed E-state index contributed by atoms with van der Waals surface area (Å²) in [6.07, 6.45) is -1.21. The number of carboxylic acid groups (broad SMARTS) is 1. The Hall–Kier alpha value is -6.60. The molecule has 0 spiro atoms. The number of ether oxygens (including phenoxy) is 5. The lowest BCUT2D eigenvalue weighted by Crippen LogP contribution is -2.45. The van der Waals surface area contributed by atoms with E-state index in [1.165, 1.54) is 7.11 Å². The summed E-state index contributed by atoms with van der Waals surface area (Å²) < 4.78 is 29.0. The summed E-state index contributed by atoms with van der Waals surface area (Å²) in [7, 11) is -0.518. The van der Waals surface area contributed by atoms with Gasteiger partial charge in [-0.15, -0.1) is 0 Å². The molecule has 0 bridgehead atoms. The van der Waals surface area contributed by atoms with Crippen LogP contribution in [-0.2, 0) is 50.0 Å². The summed E-state index contributed by atoms with van der Waals surface area (Å²) >= 11 is 0. The molecule has 0 aromatic heterocycles. The molecule has 5 aromatic carbocycles. The average Bonchev–Trinajstić information content (AvgIpc) is 3.26. The summed E-state index contributed by atoms with van der Waals surface area (Å²) in [5.41, 5.74) is 4.40. The molecule has 13 heteroatoms. The minimum atomic E-state index is -1.77. The van der Waals surface area contributed by atoms with E-state index in [1.807, 2.05) is 127 Å². The van der Waals surface area contributed by atoms with Crippen molar-refractivity contribution in [1.29, 1.82) is 0 Å². The SMILES string of the molecule is COC(=O)[C@H](Cc1cc(-c2ccc(OCc3ccccc3)c(C(CC[Si](C)(C)C)[C@H](NC(=O)OCc3ccccc3)C(=O)O)c2)ccc1OCc1ccccc1)NC(=O)OC(C)(C)C. The first kappa shape index (κ1) is 48.4. The molecule has 3 N–H and O–H groups in total. The fourth-order valence-electron chi connectivity index (χ4n) is 7.00. The van der Waals surface area contributed by atoms with Gasteiger partial charge in [0.05, 0.1) is 7.11 Å². The summed E-state index contributed by atoms with van der Waals surface area (Å²) in [5.74, 6) is -1.69. The molecule has 5 rings (SSSR count). The van der Waals surface area contributed by atoms with Crippen LogP contribution < -0.4 is 20.1 Å². The van der Waals surface area contributed by atoms with Gasteiger partial charge in [0.1, 0.15) is 49.0 Å². The van der Waals surface area contributed by atoms with E-state index in [1.54, 1.807) is 20.8 Å². The van der Waals surface area contributed by atoms with Gasteiger partial charge in [-0.05, 0) is 84.8 Å². The number of methoxy groups -OCH3 is 1. The second-order valence-electron chi connectivity index (χ2n) is 17.8. The molecular weight excluding hydrogens is 829 g/mol. The highest BCUT2D eigenvalue weighted by Crippen LogP contribution is 2.39. The summed E-state index contributed by atoms with van der Waals surface area (Å²) in [6.45, 7) is 12.3. The number of rotatable bonds is 20. The van der Waals surface area contributed by atoms with Crippen LogP contribution in [0.15, 0.2) is 127 Å². The van der Waals surface area contributed by atoms with Crippen LogP contribution in [0.25, 0.3) is 11.1 Å². The third-order valence-corrected chi connectivity index (χ3v) is 12.0. The normalized spacial score (nSPS) is 12.8. The smallest absolute Gasteiger partial charge is 0.408 e. The summed E-state index contributed by atoms with van der Waals surface area (Å²) in [4.78, 5) is 52.8. The van der Waals surface area contributed by atoms with Crippen molar-refractivity contribution < 1.29 is 48.0 Å². The van der Waals surface area contributed by atoms with Crippen LogP contribution in [0.2, 0.25) is 25.7 Å². The van der Waals surface area contributed by atoms with Gasteiger partial charge in [-0.25, -0.2) is 19.2 Å². The van der Waals surface area contributed by atoms with Crippen molar-refractivity contribution in [2.45, 2.75) is 103 Å². The number of benzene rings is 5. The van der Waals surface area contributed by atoms with Crippen molar-refractivity contribution in [3.63, 3.8) is 0 Å². The van der Waals surface area contributed by atoms with E-state index in [0.29, 0.717) is 40.2 Å². The van der Waals surface area contributed by atoms with Gasteiger partial charge >= 0.3 is 24.1 Å². The molecule has 0 aliphatic carbocycles. The van der Waals surface area contributed by atoms with Gasteiger partial charge in [-0.1, -0.05) is 129 Å². The Kier molecular flexibility index (Phi) is 17.1. The molecule has 0 saturated carbocycles. The van der Waals surface area contributed by atoms with E-state index in [-0.39, 0.29) is 26.2 Å². The number of hydrogen-bond acceptors (Lipinski definition) is 9. The van der Waals surface area contributed by atoms with Crippen molar-refractivity contribution in [3.8, 4) is 22.6 Å². The Morgan fingerprint density at radius 2 is 1.17 bits per heavy atom. The fraction of sp³-hybridized carbons (Fsp3) is 0.333. The van der Waals surface area contributed by atoms with Crippen LogP contribution in [0, 0.1) is 0 Å². The van der Waals surface area contributed by atoms with Crippen molar-refractivity contribution >= 4 is 32.2 Å². The minimum Gasteiger partial charge on any atom is -0.489 e. The predicted octanol–water partition coefficient (Wildman–Crippen LogP) is 10.3. The number of nitrogens with one attached hydrogen (secondary N) is 2. The highest BCUT2D eigenvalue weighted by Gasteiger charge is 2.35. The zero-order chi connectivity index (χ0) is 46.3. The quantitative estimate of drug-likeness (QED) is 0.0390. The monoisotopic (exact) mass is 888 g/mol. The van der Waals surface area contributed by atoms with E-state index in [2.05, 4.69) is 30.3 Å². The lowest BCUT2D eigenvalue weighted by atomic mass is 9.86. The fourth-order valence-corrected chi connectivity index (χ4v) is 8.18. The Morgan fingerprint density at radius 3 is 1.69 bits per heavy atom. The number of amides is 2. The Balaban J connectivity index is 1.59. The summed E-state index contributed by atoms with van der Waals surface area (Å²) in [5, 5.41) is 16.2. The number of carbonyl (C=O) groups excluding carboxylic acids is 3. The zero-order valence-corrected chi connectivity index (χ0v) is 38.7. The average molecular weight is 889 g/mol. The molecule has 0 heterocycles. The van der Waals surface area contributed by atoms with Gasteiger partial charge in [-0.3, -0.25) is 0 Å². The maximum atomic E-state index is 13.4. The molecule has 338 valence electrons. The van der Waals surface area contributed by atoms with Crippen LogP contribution in [0.4, 0.5) is 9.59 Å². The third kappa shape index (κ3) is 15.3. The van der Waals surface area contributed by atoms with Crippen LogP contribution in [-0.4, -0.2) is 62.1 Å². The lowest BCUT2D eigenvalue weighted by molar-refractivity contribution is -0.143. The Labute approximate surface area is 377 Å². The van der Waals surface area contributed by atoms with E-state index < -0.39 is 55.8 Å². The highest BCUT2D eigenvalue weighted by molar-refractivity contribution is 6.76. The van der Waals surface area contributed by atoms with Gasteiger partial charge < -0.3 is 39.4 Å². The predicted molar refractivity (Wildman–Crippen MR) is 249 cm³/mol. The van der Waals surface area contributed by atoms with Crippen molar-refractivity contribution in [2.75, 3.05) is 7.11 Å². The number of carboxylic acids is 1.